The Labute approximate surface area is 181 Å². The molecule has 30 heavy (non-hydrogen) atoms. The quantitative estimate of drug-likeness (QED) is 0.546. The van der Waals surface area contributed by atoms with E-state index in [0.29, 0.717) is 0 Å². The lowest BCUT2D eigenvalue weighted by molar-refractivity contribution is 0.00578. The number of aryl methyl sites for hydroxylation is 1. The average Bonchev–Trinajstić information content (AvgIpc) is 2.80. The maximum Gasteiger partial charge on any atom is 0.495 e. The van der Waals surface area contributed by atoms with Gasteiger partial charge in [-0.2, -0.15) is 0 Å². The van der Waals surface area contributed by atoms with Crippen LogP contribution in [-0.4, -0.2) is 18.3 Å². The molecule has 0 saturated carbocycles. The summed E-state index contributed by atoms with van der Waals surface area (Å²) < 4.78 is 12.8. The van der Waals surface area contributed by atoms with Gasteiger partial charge in [-0.25, -0.2) is 0 Å². The fraction of sp³-hybridized carbons (Fsp3) is 0.407. The van der Waals surface area contributed by atoms with Crippen LogP contribution in [0, 0.1) is 6.92 Å². The lowest BCUT2D eigenvalue weighted by atomic mass is 9.73. The van der Waals surface area contributed by atoms with Gasteiger partial charge >= 0.3 is 7.12 Å². The molecule has 0 radical (unpaired) electrons. The van der Waals surface area contributed by atoms with E-state index in [1.165, 1.54) is 38.6 Å². The van der Waals surface area contributed by atoms with Crippen LogP contribution in [0.4, 0.5) is 0 Å². The van der Waals surface area contributed by atoms with Crippen LogP contribution < -0.4 is 5.46 Å². The standard InChI is InChI=1S/C27H33BO2/c1-8-20-12-11-13-21(16-18(20)2)25-19(3)17-24(22-14-9-10-15-23(22)25)28-29-26(4,5)27(6,7)30-28/h9-15,17H,8,16H2,1-7H3. The van der Waals surface area contributed by atoms with Crippen molar-refractivity contribution in [3.63, 3.8) is 0 Å². The van der Waals surface area contributed by atoms with Gasteiger partial charge in [0.05, 0.1) is 11.2 Å². The van der Waals surface area contributed by atoms with Crippen LogP contribution in [0.2, 0.25) is 0 Å². The molecule has 156 valence electrons. The van der Waals surface area contributed by atoms with E-state index in [4.69, 9.17) is 9.31 Å². The molecule has 2 aromatic rings. The third kappa shape index (κ3) is 3.48. The topological polar surface area (TPSA) is 18.5 Å². The second-order valence-corrected chi connectivity index (χ2v) is 9.68. The van der Waals surface area contributed by atoms with Crippen molar-refractivity contribution < 1.29 is 9.31 Å². The van der Waals surface area contributed by atoms with Crippen LogP contribution in [0.25, 0.3) is 16.3 Å². The summed E-state index contributed by atoms with van der Waals surface area (Å²) >= 11 is 0. The highest BCUT2D eigenvalue weighted by Crippen LogP contribution is 2.39. The molecule has 0 amide bonds. The molecule has 0 atom stereocenters. The lowest BCUT2D eigenvalue weighted by Crippen LogP contribution is -2.41. The van der Waals surface area contributed by atoms with E-state index < -0.39 is 0 Å². The summed E-state index contributed by atoms with van der Waals surface area (Å²) in [5.74, 6) is 0. The second kappa shape index (κ2) is 7.55. The molecule has 4 rings (SSSR count). The molecule has 1 aliphatic carbocycles. The highest BCUT2D eigenvalue weighted by molar-refractivity contribution is 6.65. The Bertz CT molecular complexity index is 1070. The van der Waals surface area contributed by atoms with Gasteiger partial charge in [0.1, 0.15) is 0 Å². The first-order chi connectivity index (χ1) is 14.1. The number of fused-ring (bicyclic) bond motifs is 1. The summed E-state index contributed by atoms with van der Waals surface area (Å²) in [7, 11) is -0.357. The third-order valence-electron chi connectivity index (χ3n) is 7.08. The molecule has 1 saturated heterocycles. The van der Waals surface area contributed by atoms with Crippen LogP contribution >= 0.6 is 0 Å². The van der Waals surface area contributed by atoms with Crippen LogP contribution in [0.1, 0.15) is 65.5 Å². The van der Waals surface area contributed by atoms with Gasteiger partial charge < -0.3 is 9.31 Å². The van der Waals surface area contributed by atoms with Gasteiger partial charge in [0.15, 0.2) is 0 Å². The van der Waals surface area contributed by atoms with Crippen LogP contribution in [0.5, 0.6) is 0 Å². The van der Waals surface area contributed by atoms with E-state index in [-0.39, 0.29) is 18.3 Å². The Morgan fingerprint density at radius 3 is 2.23 bits per heavy atom. The summed E-state index contributed by atoms with van der Waals surface area (Å²) in [6.07, 6.45) is 8.82. The first kappa shape index (κ1) is 21.1. The average molecular weight is 400 g/mol. The van der Waals surface area contributed by atoms with Crippen molar-refractivity contribution in [3.8, 4) is 0 Å². The van der Waals surface area contributed by atoms with E-state index in [2.05, 4.69) is 97.0 Å². The third-order valence-corrected chi connectivity index (χ3v) is 7.08. The van der Waals surface area contributed by atoms with Crippen molar-refractivity contribution in [3.05, 3.63) is 70.8 Å². The Hall–Kier alpha value is -2.10. The minimum atomic E-state index is -0.357. The van der Waals surface area contributed by atoms with Gasteiger partial charge in [0.2, 0.25) is 0 Å². The lowest BCUT2D eigenvalue weighted by Gasteiger charge is -2.32. The van der Waals surface area contributed by atoms with Crippen molar-refractivity contribution in [2.75, 3.05) is 0 Å². The Morgan fingerprint density at radius 2 is 1.60 bits per heavy atom. The summed E-state index contributed by atoms with van der Waals surface area (Å²) in [5, 5.41) is 2.48. The number of allylic oxidation sites excluding steroid dienone is 6. The van der Waals surface area contributed by atoms with Gasteiger partial charge in [0, 0.05) is 0 Å². The largest absolute Gasteiger partial charge is 0.495 e. The summed E-state index contributed by atoms with van der Waals surface area (Å²) in [6, 6.07) is 11.0. The number of hydrogen-bond acceptors (Lipinski definition) is 2. The smallest absolute Gasteiger partial charge is 0.399 e. The first-order valence-corrected chi connectivity index (χ1v) is 11.1. The van der Waals surface area contributed by atoms with Gasteiger partial charge in [-0.15, -0.1) is 0 Å². The number of rotatable bonds is 3. The van der Waals surface area contributed by atoms with Gasteiger partial charge in [-0.05, 0) is 92.9 Å². The maximum atomic E-state index is 6.41. The number of benzene rings is 2. The Morgan fingerprint density at radius 1 is 0.967 bits per heavy atom. The fourth-order valence-electron chi connectivity index (χ4n) is 4.61. The maximum absolute atomic E-state index is 6.41. The van der Waals surface area contributed by atoms with Gasteiger partial charge in [0.25, 0.3) is 0 Å². The molecule has 0 N–H and O–H groups in total. The van der Waals surface area contributed by atoms with E-state index in [1.807, 2.05) is 0 Å². The minimum Gasteiger partial charge on any atom is -0.399 e. The van der Waals surface area contributed by atoms with Crippen LogP contribution in [0.15, 0.2) is 59.7 Å². The molecular weight excluding hydrogens is 367 g/mol. The molecule has 1 heterocycles. The van der Waals surface area contributed by atoms with Crippen molar-refractivity contribution in [1.82, 2.24) is 0 Å². The van der Waals surface area contributed by atoms with Crippen LogP contribution in [-0.2, 0) is 9.31 Å². The van der Waals surface area contributed by atoms with Crippen LogP contribution in [0.3, 0.4) is 0 Å². The predicted octanol–water partition coefficient (Wildman–Crippen LogP) is 6.52. The molecule has 0 unspecified atom stereocenters. The Balaban J connectivity index is 1.86. The SMILES string of the molecule is CCC1=C(C)CC(c2c(C)cc(B3OC(C)(C)C(C)(C)O3)c3ccccc23)=CC=C1. The van der Waals surface area contributed by atoms with Crippen molar-refractivity contribution in [1.29, 1.82) is 0 Å². The van der Waals surface area contributed by atoms with Gasteiger partial charge in [-0.1, -0.05) is 61.1 Å². The zero-order valence-electron chi connectivity index (χ0n) is 19.4. The van der Waals surface area contributed by atoms with E-state index >= 15 is 0 Å². The summed E-state index contributed by atoms with van der Waals surface area (Å²) in [4.78, 5) is 0. The van der Waals surface area contributed by atoms with E-state index in [0.717, 1.165) is 18.3 Å². The molecule has 2 nitrogen and oxygen atoms in total. The zero-order valence-corrected chi connectivity index (χ0v) is 19.4. The predicted molar refractivity (Wildman–Crippen MR) is 129 cm³/mol. The fourth-order valence-corrected chi connectivity index (χ4v) is 4.61. The van der Waals surface area contributed by atoms with Crippen molar-refractivity contribution >= 4 is 28.9 Å². The first-order valence-electron chi connectivity index (χ1n) is 11.1. The van der Waals surface area contributed by atoms with Crippen molar-refractivity contribution in [2.45, 2.75) is 72.5 Å². The minimum absolute atomic E-state index is 0.349. The molecular formula is C27H33BO2. The molecule has 1 fully saturated rings. The monoisotopic (exact) mass is 400 g/mol. The van der Waals surface area contributed by atoms with E-state index in [1.54, 1.807) is 0 Å². The highest BCUT2D eigenvalue weighted by Gasteiger charge is 2.52. The van der Waals surface area contributed by atoms with Crippen molar-refractivity contribution in [2.24, 2.45) is 0 Å². The molecule has 0 bridgehead atoms. The molecule has 3 heteroatoms. The van der Waals surface area contributed by atoms with Gasteiger partial charge in [-0.3, -0.25) is 0 Å². The molecule has 0 aromatic heterocycles. The molecule has 0 spiro atoms. The summed E-state index contributed by atoms with van der Waals surface area (Å²) in [5.41, 5.74) is 7.31. The number of hydrogen-bond donors (Lipinski definition) is 0. The summed E-state index contributed by atoms with van der Waals surface area (Å²) in [6.45, 7) is 15.1. The zero-order chi connectivity index (χ0) is 21.7. The second-order valence-electron chi connectivity index (χ2n) is 9.68. The normalized spacial score (nSPS) is 20.6. The van der Waals surface area contributed by atoms with E-state index in [9.17, 15) is 0 Å². The molecule has 2 aliphatic rings. The molecule has 1 aliphatic heterocycles. The molecule has 2 aromatic carbocycles. The Kier molecular flexibility index (Phi) is 5.32. The highest BCUT2D eigenvalue weighted by atomic mass is 16.7.